The first-order valence-corrected chi connectivity index (χ1v) is 5.68. The second-order valence-electron chi connectivity index (χ2n) is 4.20. The van der Waals surface area contributed by atoms with Gasteiger partial charge in [-0.2, -0.15) is 8.78 Å². The minimum Gasteiger partial charge on any atom is -0.381 e. The summed E-state index contributed by atoms with van der Waals surface area (Å²) < 4.78 is 33.0. The molecule has 2 rings (SSSR count). The van der Waals surface area contributed by atoms with Gasteiger partial charge in [0.15, 0.2) is 0 Å². The fourth-order valence-electron chi connectivity index (χ4n) is 2.03. The third kappa shape index (κ3) is 2.52. The summed E-state index contributed by atoms with van der Waals surface area (Å²) in [5, 5.41) is 0. The predicted octanol–water partition coefficient (Wildman–Crippen LogP) is 2.93. The lowest BCUT2D eigenvalue weighted by molar-refractivity contribution is -0.0685. The molecule has 0 radical (unpaired) electrons. The molecule has 1 fully saturated rings. The van der Waals surface area contributed by atoms with E-state index >= 15 is 0 Å². The summed E-state index contributed by atoms with van der Waals surface area (Å²) in [5.41, 5.74) is 0.0731. The number of carbonyl (C=O) groups excluding carboxylic acids is 1. The highest BCUT2D eigenvalue weighted by molar-refractivity contribution is 6.01. The SMILES string of the molecule is O=C(c1ccccc1)C(F)(F)C1CCOCC1. The normalized spacial score (nSPS) is 18.0. The van der Waals surface area contributed by atoms with Gasteiger partial charge in [0.1, 0.15) is 0 Å². The third-order valence-corrected chi connectivity index (χ3v) is 3.07. The van der Waals surface area contributed by atoms with E-state index in [0.29, 0.717) is 13.2 Å². The maximum atomic E-state index is 14.0. The number of hydrogen-bond donors (Lipinski definition) is 0. The van der Waals surface area contributed by atoms with Crippen molar-refractivity contribution in [3.63, 3.8) is 0 Å². The molecule has 1 aromatic rings. The lowest BCUT2D eigenvalue weighted by Gasteiger charge is -2.28. The number of ketones is 1. The Labute approximate surface area is 98.6 Å². The van der Waals surface area contributed by atoms with Crippen molar-refractivity contribution in [3.8, 4) is 0 Å². The van der Waals surface area contributed by atoms with Crippen LogP contribution in [0.2, 0.25) is 0 Å². The van der Waals surface area contributed by atoms with E-state index < -0.39 is 17.6 Å². The molecule has 92 valence electrons. The number of alkyl halides is 2. The molecule has 2 nitrogen and oxygen atoms in total. The van der Waals surface area contributed by atoms with E-state index in [4.69, 9.17) is 4.74 Å². The van der Waals surface area contributed by atoms with Crippen LogP contribution in [0.1, 0.15) is 23.2 Å². The van der Waals surface area contributed by atoms with Crippen molar-refractivity contribution in [3.05, 3.63) is 35.9 Å². The molecule has 0 atom stereocenters. The minimum absolute atomic E-state index is 0.0731. The van der Waals surface area contributed by atoms with E-state index in [1.165, 1.54) is 12.1 Å². The predicted molar refractivity (Wildman–Crippen MR) is 59.3 cm³/mol. The largest absolute Gasteiger partial charge is 0.381 e. The number of rotatable bonds is 3. The van der Waals surface area contributed by atoms with Crippen LogP contribution in [-0.2, 0) is 4.74 Å². The van der Waals surface area contributed by atoms with Crippen molar-refractivity contribution >= 4 is 5.78 Å². The molecule has 4 heteroatoms. The van der Waals surface area contributed by atoms with Gasteiger partial charge in [-0.15, -0.1) is 0 Å². The number of ether oxygens (including phenoxy) is 1. The van der Waals surface area contributed by atoms with Crippen molar-refractivity contribution in [2.45, 2.75) is 18.8 Å². The minimum atomic E-state index is -3.29. The number of Topliss-reactive ketones (excluding diaryl/α,β-unsaturated/α-hetero) is 1. The van der Waals surface area contributed by atoms with Gasteiger partial charge < -0.3 is 4.74 Å². The van der Waals surface area contributed by atoms with Gasteiger partial charge in [0.25, 0.3) is 0 Å². The molecule has 0 N–H and O–H groups in total. The van der Waals surface area contributed by atoms with Gasteiger partial charge in [-0.1, -0.05) is 30.3 Å². The van der Waals surface area contributed by atoms with Crippen molar-refractivity contribution in [2.24, 2.45) is 5.92 Å². The maximum absolute atomic E-state index is 14.0. The Morgan fingerprint density at radius 3 is 2.35 bits per heavy atom. The number of carbonyl (C=O) groups is 1. The second-order valence-corrected chi connectivity index (χ2v) is 4.20. The lowest BCUT2D eigenvalue weighted by atomic mass is 9.88. The van der Waals surface area contributed by atoms with Gasteiger partial charge in [0.05, 0.1) is 0 Å². The second kappa shape index (κ2) is 4.92. The smallest absolute Gasteiger partial charge is 0.312 e. The number of benzene rings is 1. The van der Waals surface area contributed by atoms with E-state index in [-0.39, 0.29) is 18.4 Å². The van der Waals surface area contributed by atoms with Crippen molar-refractivity contribution in [1.82, 2.24) is 0 Å². The first-order valence-electron chi connectivity index (χ1n) is 5.68. The van der Waals surface area contributed by atoms with E-state index in [1.54, 1.807) is 18.2 Å². The summed E-state index contributed by atoms with van der Waals surface area (Å²) in [6.45, 7) is 0.616. The lowest BCUT2D eigenvalue weighted by Crippen LogP contribution is -2.40. The van der Waals surface area contributed by atoms with Crippen molar-refractivity contribution < 1.29 is 18.3 Å². The zero-order valence-electron chi connectivity index (χ0n) is 9.36. The Hall–Kier alpha value is -1.29. The highest BCUT2D eigenvalue weighted by atomic mass is 19.3. The van der Waals surface area contributed by atoms with Crippen LogP contribution in [-0.4, -0.2) is 24.9 Å². The van der Waals surface area contributed by atoms with Crippen LogP contribution in [0, 0.1) is 5.92 Å². The molecule has 0 aromatic heterocycles. The highest BCUT2D eigenvalue weighted by Crippen LogP contribution is 2.35. The van der Waals surface area contributed by atoms with E-state index in [9.17, 15) is 13.6 Å². The monoisotopic (exact) mass is 240 g/mol. The Bertz CT molecular complexity index is 384. The fraction of sp³-hybridized carbons (Fsp3) is 0.462. The van der Waals surface area contributed by atoms with Crippen LogP contribution in [0.4, 0.5) is 8.78 Å². The molecule has 0 unspecified atom stereocenters. The summed E-state index contributed by atoms with van der Waals surface area (Å²) in [6.07, 6.45) is 0.483. The van der Waals surface area contributed by atoms with Crippen molar-refractivity contribution in [1.29, 1.82) is 0 Å². The number of halogens is 2. The zero-order chi connectivity index (χ0) is 12.3. The Balaban J connectivity index is 2.17. The van der Waals surface area contributed by atoms with E-state index in [0.717, 1.165) is 0 Å². The summed E-state index contributed by atoms with van der Waals surface area (Å²) in [5.74, 6) is -5.26. The molecule has 0 aliphatic carbocycles. The van der Waals surface area contributed by atoms with Crippen LogP contribution in [0.3, 0.4) is 0 Å². The first-order chi connectivity index (χ1) is 8.12. The Morgan fingerprint density at radius 2 is 1.76 bits per heavy atom. The van der Waals surface area contributed by atoms with Gasteiger partial charge in [0.2, 0.25) is 5.78 Å². The molecular weight excluding hydrogens is 226 g/mol. The highest BCUT2D eigenvalue weighted by Gasteiger charge is 2.47. The summed E-state index contributed by atoms with van der Waals surface area (Å²) >= 11 is 0. The molecule has 1 aromatic carbocycles. The molecule has 0 saturated carbocycles. The molecule has 1 aliphatic rings. The summed E-state index contributed by atoms with van der Waals surface area (Å²) in [4.78, 5) is 11.8. The van der Waals surface area contributed by atoms with Crippen LogP contribution in [0.5, 0.6) is 0 Å². The first kappa shape index (κ1) is 12.2. The molecule has 0 spiro atoms. The average molecular weight is 240 g/mol. The molecule has 1 aliphatic heterocycles. The van der Waals surface area contributed by atoms with E-state index in [2.05, 4.69) is 0 Å². The van der Waals surface area contributed by atoms with Crippen LogP contribution < -0.4 is 0 Å². The third-order valence-electron chi connectivity index (χ3n) is 3.07. The van der Waals surface area contributed by atoms with Crippen LogP contribution in [0.15, 0.2) is 30.3 Å². The molecule has 0 bridgehead atoms. The molecule has 1 heterocycles. The zero-order valence-corrected chi connectivity index (χ0v) is 9.36. The standard InChI is InChI=1S/C13H14F2O2/c14-13(15,11-6-8-17-9-7-11)12(16)10-4-2-1-3-5-10/h1-5,11H,6-9H2. The van der Waals surface area contributed by atoms with E-state index in [1.807, 2.05) is 0 Å². The Morgan fingerprint density at radius 1 is 1.18 bits per heavy atom. The van der Waals surface area contributed by atoms with Crippen molar-refractivity contribution in [2.75, 3.05) is 13.2 Å². The van der Waals surface area contributed by atoms with Gasteiger partial charge in [0, 0.05) is 24.7 Å². The van der Waals surface area contributed by atoms with Gasteiger partial charge >= 0.3 is 5.92 Å². The van der Waals surface area contributed by atoms with Crippen LogP contribution in [0.25, 0.3) is 0 Å². The average Bonchev–Trinajstić information content (AvgIpc) is 2.40. The molecular formula is C13H14F2O2. The summed E-state index contributed by atoms with van der Waals surface area (Å²) in [6, 6.07) is 7.73. The quantitative estimate of drug-likeness (QED) is 0.759. The van der Waals surface area contributed by atoms with Gasteiger partial charge in [-0.3, -0.25) is 4.79 Å². The fourth-order valence-corrected chi connectivity index (χ4v) is 2.03. The molecule has 0 amide bonds. The topological polar surface area (TPSA) is 26.3 Å². The maximum Gasteiger partial charge on any atom is 0.312 e. The Kier molecular flexibility index (Phi) is 3.52. The summed E-state index contributed by atoms with van der Waals surface area (Å²) in [7, 11) is 0. The molecule has 17 heavy (non-hydrogen) atoms. The van der Waals surface area contributed by atoms with Crippen LogP contribution >= 0.6 is 0 Å². The van der Waals surface area contributed by atoms with Gasteiger partial charge in [-0.25, -0.2) is 0 Å². The van der Waals surface area contributed by atoms with Gasteiger partial charge in [-0.05, 0) is 12.8 Å². The molecule has 1 saturated heterocycles. The number of hydrogen-bond acceptors (Lipinski definition) is 2.